The van der Waals surface area contributed by atoms with E-state index in [0.717, 1.165) is 13.0 Å². The van der Waals surface area contributed by atoms with Gasteiger partial charge < -0.3 is 9.47 Å². The molecule has 0 N–H and O–H groups in total. The summed E-state index contributed by atoms with van der Waals surface area (Å²) >= 11 is 0. The third-order valence-corrected chi connectivity index (χ3v) is 2.26. The van der Waals surface area contributed by atoms with E-state index in [-0.39, 0.29) is 18.0 Å². The zero-order valence-corrected chi connectivity index (χ0v) is 6.86. The lowest BCUT2D eigenvalue weighted by Gasteiger charge is -1.99. The van der Waals surface area contributed by atoms with Crippen molar-refractivity contribution in [2.24, 2.45) is 11.8 Å². The van der Waals surface area contributed by atoms with Gasteiger partial charge in [-0.1, -0.05) is 6.08 Å². The summed E-state index contributed by atoms with van der Waals surface area (Å²) in [6.07, 6.45) is 2.91. The molecule has 1 saturated carbocycles. The van der Waals surface area contributed by atoms with E-state index in [1.165, 1.54) is 0 Å². The Hall–Kier alpha value is -0.830. The van der Waals surface area contributed by atoms with Crippen LogP contribution in [0.5, 0.6) is 0 Å². The predicted octanol–water partition coefficient (Wildman–Crippen LogP) is 0.750. The van der Waals surface area contributed by atoms with E-state index >= 15 is 0 Å². The minimum Gasteiger partial charge on any atom is -0.463 e. The number of hydrogen-bond donors (Lipinski definition) is 0. The average Bonchev–Trinajstić information content (AvgIpc) is 2.94. The highest BCUT2D eigenvalue weighted by Crippen LogP contribution is 2.40. The second kappa shape index (κ2) is 2.90. The monoisotopic (exact) mass is 168 g/mol. The minimum atomic E-state index is -0.0876. The second-order valence-electron chi connectivity index (χ2n) is 3.33. The van der Waals surface area contributed by atoms with Crippen LogP contribution in [0.15, 0.2) is 12.7 Å². The van der Waals surface area contributed by atoms with E-state index in [1.807, 2.05) is 6.08 Å². The largest absolute Gasteiger partial charge is 0.463 e. The zero-order chi connectivity index (χ0) is 8.55. The van der Waals surface area contributed by atoms with E-state index in [9.17, 15) is 4.79 Å². The highest BCUT2D eigenvalue weighted by atomic mass is 16.6. The first kappa shape index (κ1) is 7.80. The van der Waals surface area contributed by atoms with Crippen LogP contribution < -0.4 is 0 Å². The molecular formula is C9H12O3. The van der Waals surface area contributed by atoms with Crippen LogP contribution in [-0.4, -0.2) is 25.3 Å². The number of epoxide rings is 1. The summed E-state index contributed by atoms with van der Waals surface area (Å²) in [4.78, 5) is 11.2. The normalized spacial score (nSPS) is 37.2. The van der Waals surface area contributed by atoms with Gasteiger partial charge in [0.25, 0.3) is 0 Å². The van der Waals surface area contributed by atoms with Crippen molar-refractivity contribution in [3.05, 3.63) is 12.7 Å². The number of allylic oxidation sites excluding steroid dienone is 1. The van der Waals surface area contributed by atoms with Crippen molar-refractivity contribution in [2.45, 2.75) is 12.5 Å². The molecule has 3 nitrogen and oxygen atoms in total. The molecule has 1 heterocycles. The van der Waals surface area contributed by atoms with Crippen molar-refractivity contribution in [3.63, 3.8) is 0 Å². The quantitative estimate of drug-likeness (QED) is 0.353. The van der Waals surface area contributed by atoms with Crippen LogP contribution >= 0.6 is 0 Å². The fourth-order valence-electron chi connectivity index (χ4n) is 1.19. The smallest absolute Gasteiger partial charge is 0.309 e. The third kappa shape index (κ3) is 1.67. The van der Waals surface area contributed by atoms with E-state index in [1.54, 1.807) is 0 Å². The van der Waals surface area contributed by atoms with Gasteiger partial charge in [0.05, 0.1) is 12.5 Å². The van der Waals surface area contributed by atoms with E-state index < -0.39 is 0 Å². The average molecular weight is 168 g/mol. The van der Waals surface area contributed by atoms with Gasteiger partial charge in [-0.05, 0) is 12.3 Å². The lowest BCUT2D eigenvalue weighted by atomic mass is 10.3. The van der Waals surface area contributed by atoms with Crippen LogP contribution in [0.1, 0.15) is 6.42 Å². The van der Waals surface area contributed by atoms with Crippen LogP contribution in [0, 0.1) is 11.8 Å². The fourth-order valence-corrected chi connectivity index (χ4v) is 1.19. The molecular weight excluding hydrogens is 156 g/mol. The third-order valence-electron chi connectivity index (χ3n) is 2.26. The summed E-state index contributed by atoms with van der Waals surface area (Å²) < 4.78 is 9.93. The van der Waals surface area contributed by atoms with Crippen molar-refractivity contribution in [1.82, 2.24) is 0 Å². The van der Waals surface area contributed by atoms with Crippen LogP contribution in [0.3, 0.4) is 0 Å². The number of esters is 1. The number of ether oxygens (including phenoxy) is 2. The van der Waals surface area contributed by atoms with Crippen LogP contribution in [0.4, 0.5) is 0 Å². The summed E-state index contributed by atoms with van der Waals surface area (Å²) in [5.41, 5.74) is 0. The van der Waals surface area contributed by atoms with Crippen LogP contribution in [-0.2, 0) is 14.3 Å². The summed E-state index contributed by atoms with van der Waals surface area (Å²) in [5.74, 6) is 0.356. The summed E-state index contributed by atoms with van der Waals surface area (Å²) in [6.45, 7) is 4.80. The van der Waals surface area contributed by atoms with Gasteiger partial charge in [0.15, 0.2) is 0 Å². The molecule has 3 atom stereocenters. The SMILES string of the molecule is C=CC1CC1C(=O)OCC1CO1. The van der Waals surface area contributed by atoms with E-state index in [0.29, 0.717) is 12.5 Å². The van der Waals surface area contributed by atoms with Crippen molar-refractivity contribution >= 4 is 5.97 Å². The topological polar surface area (TPSA) is 38.8 Å². The van der Waals surface area contributed by atoms with E-state index in [4.69, 9.17) is 9.47 Å². The molecule has 1 saturated heterocycles. The Kier molecular flexibility index (Phi) is 1.89. The van der Waals surface area contributed by atoms with Crippen molar-refractivity contribution in [3.8, 4) is 0 Å². The maximum absolute atomic E-state index is 11.2. The molecule has 0 aromatic heterocycles. The maximum atomic E-state index is 11.2. The summed E-state index contributed by atoms with van der Waals surface area (Å²) in [7, 11) is 0. The molecule has 3 heteroatoms. The fraction of sp³-hybridized carbons (Fsp3) is 0.667. The Morgan fingerprint density at radius 1 is 1.75 bits per heavy atom. The van der Waals surface area contributed by atoms with Gasteiger partial charge in [-0.3, -0.25) is 4.79 Å². The first-order valence-electron chi connectivity index (χ1n) is 4.22. The van der Waals surface area contributed by atoms with Gasteiger partial charge in [-0.2, -0.15) is 0 Å². The number of carbonyl (C=O) groups excluding carboxylic acids is 1. The molecule has 0 spiro atoms. The Bertz CT molecular complexity index is 208. The lowest BCUT2D eigenvalue weighted by Crippen LogP contribution is -2.12. The summed E-state index contributed by atoms with van der Waals surface area (Å²) in [6, 6.07) is 0. The molecule has 0 bridgehead atoms. The predicted molar refractivity (Wildman–Crippen MR) is 42.5 cm³/mol. The minimum absolute atomic E-state index is 0.0845. The number of rotatable bonds is 4. The Morgan fingerprint density at radius 2 is 2.50 bits per heavy atom. The van der Waals surface area contributed by atoms with Gasteiger partial charge in [0.1, 0.15) is 12.7 Å². The molecule has 3 unspecified atom stereocenters. The van der Waals surface area contributed by atoms with E-state index in [2.05, 4.69) is 6.58 Å². The molecule has 1 aliphatic heterocycles. The molecule has 1 aliphatic carbocycles. The standard InChI is InChI=1S/C9H12O3/c1-2-6-3-8(6)9(10)12-5-7-4-11-7/h2,6-8H,1,3-5H2. The molecule has 2 fully saturated rings. The molecule has 66 valence electrons. The number of carbonyl (C=O) groups is 1. The first-order chi connectivity index (χ1) is 5.81. The maximum Gasteiger partial charge on any atom is 0.309 e. The second-order valence-corrected chi connectivity index (χ2v) is 3.33. The molecule has 0 amide bonds. The van der Waals surface area contributed by atoms with Crippen molar-refractivity contribution in [1.29, 1.82) is 0 Å². The van der Waals surface area contributed by atoms with Crippen LogP contribution in [0.2, 0.25) is 0 Å². The Labute approximate surface area is 71.3 Å². The van der Waals surface area contributed by atoms with Crippen molar-refractivity contribution in [2.75, 3.05) is 13.2 Å². The number of hydrogen-bond acceptors (Lipinski definition) is 3. The Balaban J connectivity index is 1.67. The van der Waals surface area contributed by atoms with Gasteiger partial charge in [-0.25, -0.2) is 0 Å². The lowest BCUT2D eigenvalue weighted by molar-refractivity contribution is -0.145. The van der Waals surface area contributed by atoms with Gasteiger partial charge >= 0.3 is 5.97 Å². The molecule has 12 heavy (non-hydrogen) atoms. The molecule has 0 aromatic rings. The zero-order valence-electron chi connectivity index (χ0n) is 6.86. The highest BCUT2D eigenvalue weighted by Gasteiger charge is 2.42. The van der Waals surface area contributed by atoms with Gasteiger partial charge in [-0.15, -0.1) is 6.58 Å². The molecule has 0 aromatic carbocycles. The summed E-state index contributed by atoms with van der Waals surface area (Å²) in [5, 5.41) is 0. The molecule has 2 rings (SSSR count). The first-order valence-corrected chi connectivity index (χ1v) is 4.22. The molecule has 0 radical (unpaired) electrons. The Morgan fingerprint density at radius 3 is 3.00 bits per heavy atom. The molecule has 2 aliphatic rings. The van der Waals surface area contributed by atoms with Gasteiger partial charge in [0, 0.05) is 0 Å². The van der Waals surface area contributed by atoms with Gasteiger partial charge in [0.2, 0.25) is 0 Å². The van der Waals surface area contributed by atoms with Crippen LogP contribution in [0.25, 0.3) is 0 Å². The van der Waals surface area contributed by atoms with Crippen molar-refractivity contribution < 1.29 is 14.3 Å². The highest BCUT2D eigenvalue weighted by molar-refractivity contribution is 5.76.